The first kappa shape index (κ1) is 38.9. The lowest BCUT2D eigenvalue weighted by Gasteiger charge is -2.24. The second kappa shape index (κ2) is 18.4. The summed E-state index contributed by atoms with van der Waals surface area (Å²) in [6, 6.07) is 27.1. The van der Waals surface area contributed by atoms with E-state index in [1.54, 1.807) is 18.2 Å². The molecule has 280 valence electrons. The molecule has 1 saturated carbocycles. The van der Waals surface area contributed by atoms with E-state index in [9.17, 15) is 38.3 Å². The summed E-state index contributed by atoms with van der Waals surface area (Å²) in [5.74, 6) is -0.892. The fourth-order valence-corrected chi connectivity index (χ4v) is 6.89. The Kier molecular flexibility index (Phi) is 13.5. The van der Waals surface area contributed by atoms with Crippen LogP contribution >= 0.6 is 0 Å². The zero-order valence-electron chi connectivity index (χ0n) is 29.1. The Hall–Kier alpha value is -5.31. The molecule has 0 spiro atoms. The van der Waals surface area contributed by atoms with E-state index in [4.69, 9.17) is 9.47 Å². The van der Waals surface area contributed by atoms with Gasteiger partial charge in [0.25, 0.3) is 11.6 Å². The van der Waals surface area contributed by atoms with Gasteiger partial charge >= 0.3 is 6.09 Å². The predicted molar refractivity (Wildman–Crippen MR) is 198 cm³/mol. The molecule has 0 heterocycles. The summed E-state index contributed by atoms with van der Waals surface area (Å²) in [7, 11) is -4.00. The molecule has 3 N–H and O–H groups in total. The molecule has 2 amide bonds. The smallest absolute Gasteiger partial charge is 0.407 e. The van der Waals surface area contributed by atoms with Gasteiger partial charge in [0, 0.05) is 18.7 Å². The molecule has 14 heteroatoms. The number of sulfonamides is 1. The Labute approximate surface area is 308 Å². The van der Waals surface area contributed by atoms with Gasteiger partial charge in [0.1, 0.15) is 5.75 Å². The lowest BCUT2D eigenvalue weighted by atomic mass is 9.97. The largest absolute Gasteiger partial charge is 0.490 e. The topological polar surface area (TPSA) is 186 Å². The third-order valence-corrected chi connectivity index (χ3v) is 10.2. The second-order valence-electron chi connectivity index (χ2n) is 12.9. The van der Waals surface area contributed by atoms with Gasteiger partial charge in [-0.15, -0.1) is 0 Å². The lowest BCUT2D eigenvalue weighted by molar-refractivity contribution is -0.384. The van der Waals surface area contributed by atoms with Crippen molar-refractivity contribution in [2.24, 2.45) is 0 Å². The average Bonchev–Trinajstić information content (AvgIpc) is 3.15. The van der Waals surface area contributed by atoms with Gasteiger partial charge in [-0.25, -0.2) is 17.9 Å². The van der Waals surface area contributed by atoms with E-state index in [0.29, 0.717) is 12.0 Å². The van der Waals surface area contributed by atoms with Crippen LogP contribution in [0.1, 0.15) is 65.3 Å². The van der Waals surface area contributed by atoms with E-state index in [1.807, 2.05) is 54.6 Å². The van der Waals surface area contributed by atoms with Crippen molar-refractivity contribution in [3.05, 3.63) is 129 Å². The number of non-ortho nitro benzene ring substituents is 1. The second-order valence-corrected chi connectivity index (χ2v) is 14.8. The number of carboxylic acid groups (broad SMARTS) is 1. The van der Waals surface area contributed by atoms with Gasteiger partial charge < -0.3 is 24.6 Å². The molecule has 4 aromatic rings. The number of hydrogen-bond acceptors (Lipinski definition) is 9. The maximum atomic E-state index is 13.3. The zero-order chi connectivity index (χ0) is 37.8. The molecule has 53 heavy (non-hydrogen) atoms. The molecular weight excluding hydrogens is 703 g/mol. The molecule has 5 rings (SSSR count). The minimum Gasteiger partial charge on any atom is -0.490 e. The number of nitrogens with one attached hydrogen (secondary N) is 1. The number of hydrogen-bond donors (Lipinski definition) is 3. The highest BCUT2D eigenvalue weighted by molar-refractivity contribution is 7.90. The van der Waals surface area contributed by atoms with E-state index in [-0.39, 0.29) is 55.2 Å². The quantitative estimate of drug-likeness (QED) is 0.0612. The first-order valence-corrected chi connectivity index (χ1v) is 19.1. The molecule has 0 bridgehead atoms. The van der Waals surface area contributed by atoms with Crippen LogP contribution in [0.15, 0.2) is 97.1 Å². The number of nitro groups is 1. The van der Waals surface area contributed by atoms with Crippen LogP contribution in [0.4, 0.5) is 10.5 Å². The highest BCUT2D eigenvalue weighted by Gasteiger charge is 2.24. The van der Waals surface area contributed by atoms with Crippen molar-refractivity contribution in [3.63, 3.8) is 0 Å². The van der Waals surface area contributed by atoms with Gasteiger partial charge in [0.2, 0.25) is 10.0 Å². The Morgan fingerprint density at radius 3 is 2.25 bits per heavy atom. The number of carbonyl (C=O) groups is 2. The van der Waals surface area contributed by atoms with Crippen molar-refractivity contribution in [1.82, 2.24) is 9.62 Å². The molecule has 1 fully saturated rings. The van der Waals surface area contributed by atoms with Crippen LogP contribution in [0.25, 0.3) is 11.1 Å². The summed E-state index contributed by atoms with van der Waals surface area (Å²) >= 11 is 0. The van der Waals surface area contributed by atoms with Crippen molar-refractivity contribution < 1.29 is 42.6 Å². The summed E-state index contributed by atoms with van der Waals surface area (Å²) < 4.78 is 39.6. The van der Waals surface area contributed by atoms with Crippen molar-refractivity contribution >= 4 is 27.7 Å². The first-order valence-electron chi connectivity index (χ1n) is 17.4. The Morgan fingerprint density at radius 1 is 0.906 bits per heavy atom. The van der Waals surface area contributed by atoms with Gasteiger partial charge in [-0.1, -0.05) is 67.1 Å². The van der Waals surface area contributed by atoms with Crippen LogP contribution in [0.5, 0.6) is 5.75 Å². The molecule has 0 radical (unpaired) electrons. The van der Waals surface area contributed by atoms with Crippen molar-refractivity contribution in [2.45, 2.75) is 57.3 Å². The highest BCUT2D eigenvalue weighted by Crippen LogP contribution is 2.31. The monoisotopic (exact) mass is 745 g/mol. The van der Waals surface area contributed by atoms with Crippen LogP contribution in [0.2, 0.25) is 0 Å². The third kappa shape index (κ3) is 11.6. The number of nitro benzene ring substituents is 1. The van der Waals surface area contributed by atoms with E-state index in [2.05, 4.69) is 4.72 Å². The number of aliphatic hydroxyl groups excluding tert-OH is 1. The van der Waals surface area contributed by atoms with E-state index in [1.165, 1.54) is 24.3 Å². The van der Waals surface area contributed by atoms with Crippen LogP contribution in [0.3, 0.4) is 0 Å². The minimum absolute atomic E-state index is 0.0870. The molecule has 1 atom stereocenters. The number of rotatable bonds is 17. The standard InChI is InChI=1S/C39H43N3O10S/c43-36(31-15-18-33(19-16-31)42(47)48)26-41(39(45)46)22-21-28-11-13-30(14-12-28)32-17-20-35(37(25-32)52-34-9-5-2-6-10-34)38(44)40-53(49,50)24-23-51-27-29-7-3-1-4-8-29/h1,3-4,7-8,11-20,25,34,36,43H,2,5-6,9-10,21-24,26-27H2,(H,40,44)(H,45,46)/t36-/m0/s1. The van der Waals surface area contributed by atoms with Crippen molar-refractivity contribution in [2.75, 3.05) is 25.4 Å². The normalized spacial score (nSPS) is 13.9. The maximum absolute atomic E-state index is 13.3. The summed E-state index contributed by atoms with van der Waals surface area (Å²) in [6.45, 7) is 0.0573. The summed E-state index contributed by atoms with van der Waals surface area (Å²) in [4.78, 5) is 36.7. The Balaban J connectivity index is 1.23. The summed E-state index contributed by atoms with van der Waals surface area (Å²) in [5, 5.41) is 31.3. The maximum Gasteiger partial charge on any atom is 0.407 e. The van der Waals surface area contributed by atoms with Gasteiger partial charge in [-0.2, -0.15) is 0 Å². The predicted octanol–water partition coefficient (Wildman–Crippen LogP) is 6.51. The molecule has 0 unspecified atom stereocenters. The molecule has 1 aliphatic carbocycles. The van der Waals surface area contributed by atoms with E-state index >= 15 is 0 Å². The molecule has 0 aromatic heterocycles. The fraction of sp³-hybridized carbons (Fsp3) is 0.333. The van der Waals surface area contributed by atoms with Crippen LogP contribution in [-0.4, -0.2) is 72.0 Å². The number of nitrogens with zero attached hydrogens (tertiary/aromatic N) is 2. The number of carbonyl (C=O) groups excluding carboxylic acids is 1. The first-order chi connectivity index (χ1) is 25.5. The van der Waals surface area contributed by atoms with Crippen molar-refractivity contribution in [3.8, 4) is 16.9 Å². The van der Waals surface area contributed by atoms with E-state index in [0.717, 1.165) is 59.3 Å². The number of amides is 2. The van der Waals surface area contributed by atoms with Crippen LogP contribution < -0.4 is 9.46 Å². The summed E-state index contributed by atoms with van der Waals surface area (Å²) in [6.07, 6.45) is 2.65. The lowest BCUT2D eigenvalue weighted by Crippen LogP contribution is -2.35. The third-order valence-electron chi connectivity index (χ3n) is 9.04. The van der Waals surface area contributed by atoms with Gasteiger partial charge in [0.15, 0.2) is 0 Å². The number of benzene rings is 4. The molecular formula is C39H43N3O10S. The Morgan fingerprint density at radius 2 is 1.58 bits per heavy atom. The van der Waals surface area contributed by atoms with Crippen LogP contribution in [-0.2, 0) is 27.8 Å². The van der Waals surface area contributed by atoms with Gasteiger partial charge in [-0.3, -0.25) is 14.9 Å². The van der Waals surface area contributed by atoms with E-state index < -0.39 is 33.1 Å². The molecule has 13 nitrogen and oxygen atoms in total. The van der Waals surface area contributed by atoms with Crippen molar-refractivity contribution in [1.29, 1.82) is 0 Å². The van der Waals surface area contributed by atoms with Gasteiger partial charge in [0.05, 0.1) is 48.2 Å². The Bertz CT molecular complexity index is 1950. The number of aliphatic hydroxyl groups is 1. The highest BCUT2D eigenvalue weighted by atomic mass is 32.2. The molecule has 0 saturated heterocycles. The average molecular weight is 746 g/mol. The molecule has 0 aliphatic heterocycles. The SMILES string of the molecule is O=C(NS(=O)(=O)CCOCc1ccccc1)c1ccc(-c2ccc(CCN(C[C@H](O)c3ccc([N+](=O)[O-])cc3)C(=O)O)cc2)cc1OC1CCCCC1. The van der Waals surface area contributed by atoms with Crippen LogP contribution in [0, 0.1) is 10.1 Å². The molecule has 4 aromatic carbocycles. The summed E-state index contributed by atoms with van der Waals surface area (Å²) in [5.41, 5.74) is 3.65. The zero-order valence-corrected chi connectivity index (χ0v) is 30.0. The fourth-order valence-electron chi connectivity index (χ4n) is 6.05. The minimum atomic E-state index is -4.00. The number of ether oxygens (including phenoxy) is 2. The van der Waals surface area contributed by atoms with Gasteiger partial charge in [-0.05, 0) is 84.2 Å². The molecule has 1 aliphatic rings.